The van der Waals surface area contributed by atoms with Gasteiger partial charge in [-0.1, -0.05) is 30.3 Å². The van der Waals surface area contributed by atoms with Gasteiger partial charge in [-0.25, -0.2) is 0 Å². The Morgan fingerprint density at radius 2 is 2.00 bits per heavy atom. The average molecular weight is 269 g/mol. The summed E-state index contributed by atoms with van der Waals surface area (Å²) < 4.78 is 0. The summed E-state index contributed by atoms with van der Waals surface area (Å²) in [6.07, 6.45) is 2.79. The summed E-state index contributed by atoms with van der Waals surface area (Å²) in [5.74, 6) is 0.628. The first kappa shape index (κ1) is 15.0. The number of rotatable bonds is 5. The van der Waals surface area contributed by atoms with E-state index >= 15 is 0 Å². The molecule has 1 fully saturated rings. The fraction of sp³-hybridized carbons (Fsp3) is 0.500. The fourth-order valence-electron chi connectivity index (χ4n) is 2.18. The molecule has 0 aliphatic heterocycles. The summed E-state index contributed by atoms with van der Waals surface area (Å²) in [7, 11) is 0. The predicted octanol–water partition coefficient (Wildman–Crippen LogP) is 1.89. The Labute approximate surface area is 115 Å². The molecule has 1 aromatic carbocycles. The highest BCUT2D eigenvalue weighted by atomic mass is 35.5. The second kappa shape index (κ2) is 6.21. The lowest BCUT2D eigenvalue weighted by molar-refractivity contribution is -0.122. The third-order valence-corrected chi connectivity index (χ3v) is 3.53. The molecule has 100 valence electrons. The van der Waals surface area contributed by atoms with Crippen molar-refractivity contribution in [3.05, 3.63) is 35.9 Å². The van der Waals surface area contributed by atoms with E-state index < -0.39 is 0 Å². The number of hydrogen-bond acceptors (Lipinski definition) is 2. The fourth-order valence-corrected chi connectivity index (χ4v) is 2.18. The third-order valence-electron chi connectivity index (χ3n) is 3.53. The number of hydrogen-bond donors (Lipinski definition) is 2. The van der Waals surface area contributed by atoms with Crippen molar-refractivity contribution < 1.29 is 4.79 Å². The minimum Gasteiger partial charge on any atom is -0.349 e. The van der Waals surface area contributed by atoms with E-state index in [4.69, 9.17) is 5.73 Å². The lowest BCUT2D eigenvalue weighted by Crippen LogP contribution is -2.53. The Morgan fingerprint density at radius 3 is 2.50 bits per heavy atom. The summed E-state index contributed by atoms with van der Waals surface area (Å²) in [4.78, 5) is 12.0. The first-order valence-electron chi connectivity index (χ1n) is 6.19. The van der Waals surface area contributed by atoms with Crippen LogP contribution >= 0.6 is 12.4 Å². The highest BCUT2D eigenvalue weighted by molar-refractivity contribution is 5.85. The standard InChI is InChI=1S/C14H20N2O.ClH/c1-14(10-15,12-7-8-12)16-13(17)9-11-5-3-2-4-6-11;/h2-6,12H,7-10,15H2,1H3,(H,16,17);1H. The van der Waals surface area contributed by atoms with Gasteiger partial charge >= 0.3 is 0 Å². The predicted molar refractivity (Wildman–Crippen MR) is 75.7 cm³/mol. The zero-order valence-electron chi connectivity index (χ0n) is 10.7. The normalized spacial score (nSPS) is 17.4. The third kappa shape index (κ3) is 3.72. The van der Waals surface area contributed by atoms with Gasteiger partial charge in [0, 0.05) is 6.54 Å². The van der Waals surface area contributed by atoms with Crippen LogP contribution < -0.4 is 11.1 Å². The summed E-state index contributed by atoms with van der Waals surface area (Å²) in [6.45, 7) is 2.56. The van der Waals surface area contributed by atoms with Crippen LogP contribution in [0.4, 0.5) is 0 Å². The lowest BCUT2D eigenvalue weighted by atomic mass is 9.95. The Hall–Kier alpha value is -1.06. The molecule has 4 heteroatoms. The number of carbonyl (C=O) groups is 1. The van der Waals surface area contributed by atoms with E-state index in [1.54, 1.807) is 0 Å². The van der Waals surface area contributed by atoms with Crippen molar-refractivity contribution in [2.75, 3.05) is 6.54 Å². The Balaban J connectivity index is 0.00000162. The van der Waals surface area contributed by atoms with Crippen molar-refractivity contribution in [2.45, 2.75) is 31.7 Å². The van der Waals surface area contributed by atoms with Crippen LogP contribution in [0.2, 0.25) is 0 Å². The topological polar surface area (TPSA) is 55.1 Å². The van der Waals surface area contributed by atoms with Crippen LogP contribution in [-0.4, -0.2) is 18.0 Å². The number of halogens is 1. The summed E-state index contributed by atoms with van der Waals surface area (Å²) in [6, 6.07) is 9.79. The molecule has 18 heavy (non-hydrogen) atoms. The number of amides is 1. The molecular weight excluding hydrogens is 248 g/mol. The van der Waals surface area contributed by atoms with E-state index in [0.29, 0.717) is 18.9 Å². The number of nitrogens with one attached hydrogen (secondary N) is 1. The van der Waals surface area contributed by atoms with E-state index in [2.05, 4.69) is 5.32 Å². The maximum Gasteiger partial charge on any atom is 0.224 e. The van der Waals surface area contributed by atoms with E-state index in [1.807, 2.05) is 37.3 Å². The van der Waals surface area contributed by atoms with Crippen molar-refractivity contribution in [2.24, 2.45) is 11.7 Å². The molecule has 1 amide bonds. The first-order valence-corrected chi connectivity index (χ1v) is 6.19. The highest BCUT2D eigenvalue weighted by Crippen LogP contribution is 2.38. The molecule has 0 bridgehead atoms. The number of carbonyl (C=O) groups excluding carboxylic acids is 1. The molecule has 1 aliphatic carbocycles. The molecule has 2 rings (SSSR count). The van der Waals surface area contributed by atoms with Gasteiger partial charge in [0.25, 0.3) is 0 Å². The van der Waals surface area contributed by atoms with Crippen LogP contribution in [0.1, 0.15) is 25.3 Å². The average Bonchev–Trinajstić information content (AvgIpc) is 3.14. The number of benzene rings is 1. The van der Waals surface area contributed by atoms with Gasteiger partial charge in [-0.2, -0.15) is 0 Å². The molecule has 1 aromatic rings. The van der Waals surface area contributed by atoms with E-state index in [1.165, 1.54) is 12.8 Å². The second-order valence-electron chi connectivity index (χ2n) is 5.11. The van der Waals surface area contributed by atoms with Gasteiger partial charge in [-0.15, -0.1) is 12.4 Å². The van der Waals surface area contributed by atoms with Crippen LogP contribution in [0.15, 0.2) is 30.3 Å². The van der Waals surface area contributed by atoms with Crippen molar-refractivity contribution in [3.8, 4) is 0 Å². The molecule has 1 saturated carbocycles. The van der Waals surface area contributed by atoms with Crippen molar-refractivity contribution in [1.29, 1.82) is 0 Å². The van der Waals surface area contributed by atoms with Gasteiger partial charge in [0.05, 0.1) is 12.0 Å². The molecule has 3 N–H and O–H groups in total. The van der Waals surface area contributed by atoms with Gasteiger partial charge in [-0.3, -0.25) is 4.79 Å². The zero-order chi connectivity index (χ0) is 12.3. The van der Waals surface area contributed by atoms with E-state index in [-0.39, 0.29) is 23.9 Å². The molecule has 0 saturated heterocycles. The largest absolute Gasteiger partial charge is 0.349 e. The van der Waals surface area contributed by atoms with Crippen LogP contribution in [0.25, 0.3) is 0 Å². The molecule has 0 heterocycles. The molecule has 0 aromatic heterocycles. The van der Waals surface area contributed by atoms with Crippen LogP contribution in [0, 0.1) is 5.92 Å². The maximum atomic E-state index is 12.0. The van der Waals surface area contributed by atoms with Crippen molar-refractivity contribution in [3.63, 3.8) is 0 Å². The van der Waals surface area contributed by atoms with Gasteiger partial charge < -0.3 is 11.1 Å². The first-order chi connectivity index (χ1) is 8.14. The molecule has 1 unspecified atom stereocenters. The van der Waals surface area contributed by atoms with Gasteiger partial charge in [0.2, 0.25) is 5.91 Å². The Bertz CT molecular complexity index is 392. The van der Waals surface area contributed by atoms with Crippen molar-refractivity contribution >= 4 is 18.3 Å². The lowest BCUT2D eigenvalue weighted by Gasteiger charge is -2.29. The monoisotopic (exact) mass is 268 g/mol. The maximum absolute atomic E-state index is 12.0. The smallest absolute Gasteiger partial charge is 0.224 e. The van der Waals surface area contributed by atoms with E-state index in [0.717, 1.165) is 5.56 Å². The summed E-state index contributed by atoms with van der Waals surface area (Å²) >= 11 is 0. The molecule has 3 nitrogen and oxygen atoms in total. The second-order valence-corrected chi connectivity index (χ2v) is 5.11. The molecule has 0 radical (unpaired) electrons. The molecule has 1 atom stereocenters. The van der Waals surface area contributed by atoms with Gasteiger partial charge in [0.1, 0.15) is 0 Å². The Kier molecular flexibility index (Phi) is 5.17. The highest BCUT2D eigenvalue weighted by Gasteiger charge is 2.41. The molecular formula is C14H21ClN2O. The summed E-state index contributed by atoms with van der Waals surface area (Å²) in [5.41, 5.74) is 6.60. The minimum absolute atomic E-state index is 0. The minimum atomic E-state index is -0.216. The van der Waals surface area contributed by atoms with E-state index in [9.17, 15) is 4.79 Å². The van der Waals surface area contributed by atoms with Crippen LogP contribution in [-0.2, 0) is 11.2 Å². The van der Waals surface area contributed by atoms with Crippen LogP contribution in [0.3, 0.4) is 0 Å². The molecule has 1 aliphatic rings. The SMILES string of the molecule is CC(CN)(NC(=O)Cc1ccccc1)C1CC1.Cl. The quantitative estimate of drug-likeness (QED) is 0.857. The summed E-state index contributed by atoms with van der Waals surface area (Å²) in [5, 5.41) is 3.09. The van der Waals surface area contributed by atoms with Crippen LogP contribution in [0.5, 0.6) is 0 Å². The van der Waals surface area contributed by atoms with Gasteiger partial charge in [0.15, 0.2) is 0 Å². The molecule has 0 spiro atoms. The zero-order valence-corrected chi connectivity index (χ0v) is 11.5. The van der Waals surface area contributed by atoms with Gasteiger partial charge in [-0.05, 0) is 31.2 Å². The Morgan fingerprint density at radius 1 is 1.39 bits per heavy atom. The van der Waals surface area contributed by atoms with Crippen molar-refractivity contribution in [1.82, 2.24) is 5.32 Å². The number of nitrogens with two attached hydrogens (primary N) is 1.